The van der Waals surface area contributed by atoms with Crippen LogP contribution in [0.5, 0.6) is 11.5 Å². The Bertz CT molecular complexity index is 721. The minimum atomic E-state index is -4.86. The van der Waals surface area contributed by atoms with Gasteiger partial charge in [0.05, 0.1) is 13.2 Å². The van der Waals surface area contributed by atoms with Crippen LogP contribution in [-0.4, -0.2) is 37.1 Å². The average Bonchev–Trinajstić information content (AvgIpc) is 2.57. The summed E-state index contributed by atoms with van der Waals surface area (Å²) in [5.41, 5.74) is 0. The molecule has 0 saturated carbocycles. The van der Waals surface area contributed by atoms with E-state index in [1.807, 2.05) is 6.92 Å². The zero-order valence-corrected chi connectivity index (χ0v) is 14.2. The molecule has 0 heterocycles. The van der Waals surface area contributed by atoms with E-state index in [-0.39, 0.29) is 12.4 Å². The number of hydrogen-bond donors (Lipinski definition) is 1. The lowest BCUT2D eigenvalue weighted by atomic mass is 10.1. The second-order valence-electron chi connectivity index (χ2n) is 5.64. The standard InChI is InChI=1S/C18H20F4O4/c1-2-3-8-24-9-10-25-17(19,20)18(21,22)26-16-7-5-13-11-15(23)6-4-14(13)12-16/h4-7,11-12,23H,2-3,8-10H2,1H3. The zero-order chi connectivity index (χ0) is 19.2. The number of alkyl halides is 4. The maximum atomic E-state index is 13.8. The van der Waals surface area contributed by atoms with Gasteiger partial charge in [-0.15, -0.1) is 0 Å². The van der Waals surface area contributed by atoms with Gasteiger partial charge in [0.15, 0.2) is 0 Å². The van der Waals surface area contributed by atoms with Crippen LogP contribution in [-0.2, 0) is 9.47 Å². The summed E-state index contributed by atoms with van der Waals surface area (Å²) < 4.78 is 68.1. The minimum absolute atomic E-state index is 0.00223. The molecule has 0 aromatic heterocycles. The van der Waals surface area contributed by atoms with Crippen LogP contribution in [0.1, 0.15) is 19.8 Å². The van der Waals surface area contributed by atoms with Crippen molar-refractivity contribution in [1.82, 2.24) is 0 Å². The van der Waals surface area contributed by atoms with Crippen molar-refractivity contribution in [2.24, 2.45) is 0 Å². The highest BCUT2D eigenvalue weighted by atomic mass is 19.3. The number of hydrogen-bond acceptors (Lipinski definition) is 4. The van der Waals surface area contributed by atoms with Crippen LogP contribution in [0.15, 0.2) is 36.4 Å². The fourth-order valence-electron chi connectivity index (χ4n) is 2.14. The summed E-state index contributed by atoms with van der Waals surface area (Å²) in [5.74, 6) is -0.451. The van der Waals surface area contributed by atoms with E-state index in [0.717, 1.165) is 18.9 Å². The fraction of sp³-hybridized carbons (Fsp3) is 0.444. The Hall–Kier alpha value is -2.06. The molecule has 0 bridgehead atoms. The quantitative estimate of drug-likeness (QED) is 0.471. The molecule has 2 rings (SSSR count). The molecular weight excluding hydrogens is 356 g/mol. The lowest BCUT2D eigenvalue weighted by Gasteiger charge is -2.26. The number of fused-ring (bicyclic) bond motifs is 1. The number of phenols is 1. The molecule has 0 fully saturated rings. The van der Waals surface area contributed by atoms with E-state index in [4.69, 9.17) is 4.74 Å². The summed E-state index contributed by atoms with van der Waals surface area (Å²) in [4.78, 5) is 0. The van der Waals surface area contributed by atoms with Gasteiger partial charge in [0, 0.05) is 6.61 Å². The van der Waals surface area contributed by atoms with Gasteiger partial charge < -0.3 is 19.3 Å². The predicted octanol–water partition coefficient (Wildman–Crippen LogP) is 4.94. The third-order valence-electron chi connectivity index (χ3n) is 3.53. The Morgan fingerprint density at radius 1 is 0.885 bits per heavy atom. The predicted molar refractivity (Wildman–Crippen MR) is 87.8 cm³/mol. The molecule has 2 aromatic rings. The molecule has 0 aliphatic carbocycles. The van der Waals surface area contributed by atoms with Crippen molar-refractivity contribution in [2.45, 2.75) is 32.0 Å². The molecule has 0 amide bonds. The maximum absolute atomic E-state index is 13.8. The maximum Gasteiger partial charge on any atom is 0.494 e. The smallest absolute Gasteiger partial charge is 0.494 e. The van der Waals surface area contributed by atoms with Gasteiger partial charge in [-0.3, -0.25) is 0 Å². The molecule has 26 heavy (non-hydrogen) atoms. The van der Waals surface area contributed by atoms with Gasteiger partial charge in [-0.2, -0.15) is 17.6 Å². The lowest BCUT2D eigenvalue weighted by Crippen LogP contribution is -2.47. The number of ether oxygens (including phenoxy) is 3. The van der Waals surface area contributed by atoms with Crippen LogP contribution in [0.25, 0.3) is 10.8 Å². The van der Waals surface area contributed by atoms with Crippen molar-refractivity contribution in [3.05, 3.63) is 36.4 Å². The van der Waals surface area contributed by atoms with Crippen LogP contribution < -0.4 is 4.74 Å². The Morgan fingerprint density at radius 2 is 1.58 bits per heavy atom. The molecular formula is C18H20F4O4. The van der Waals surface area contributed by atoms with Crippen molar-refractivity contribution in [2.75, 3.05) is 19.8 Å². The van der Waals surface area contributed by atoms with Crippen molar-refractivity contribution in [3.8, 4) is 11.5 Å². The van der Waals surface area contributed by atoms with E-state index < -0.39 is 24.6 Å². The first-order chi connectivity index (χ1) is 12.2. The molecule has 0 aliphatic rings. The van der Waals surface area contributed by atoms with Crippen molar-refractivity contribution in [3.63, 3.8) is 0 Å². The summed E-state index contributed by atoms with van der Waals surface area (Å²) in [7, 11) is 0. The molecule has 0 atom stereocenters. The number of aromatic hydroxyl groups is 1. The lowest BCUT2D eigenvalue weighted by molar-refractivity contribution is -0.408. The van der Waals surface area contributed by atoms with Gasteiger partial charge in [-0.1, -0.05) is 25.5 Å². The van der Waals surface area contributed by atoms with E-state index in [9.17, 15) is 22.7 Å². The molecule has 2 aromatic carbocycles. The van der Waals surface area contributed by atoms with E-state index in [1.54, 1.807) is 0 Å². The van der Waals surface area contributed by atoms with E-state index in [1.165, 1.54) is 30.3 Å². The van der Waals surface area contributed by atoms with Crippen LogP contribution in [0, 0.1) is 0 Å². The number of rotatable bonds is 10. The largest absolute Gasteiger partial charge is 0.508 e. The summed E-state index contributed by atoms with van der Waals surface area (Å²) in [6.45, 7) is 1.38. The second-order valence-corrected chi connectivity index (χ2v) is 5.64. The normalized spacial score (nSPS) is 12.5. The molecule has 0 spiro atoms. The number of unbranched alkanes of at least 4 members (excludes halogenated alkanes) is 1. The summed E-state index contributed by atoms with van der Waals surface area (Å²) >= 11 is 0. The van der Waals surface area contributed by atoms with Crippen molar-refractivity contribution >= 4 is 10.8 Å². The van der Waals surface area contributed by atoms with Gasteiger partial charge in [0.1, 0.15) is 11.5 Å². The third-order valence-corrected chi connectivity index (χ3v) is 3.53. The highest BCUT2D eigenvalue weighted by Gasteiger charge is 2.61. The number of phenolic OH excluding ortho intramolecular Hbond substituents is 1. The van der Waals surface area contributed by atoms with E-state index >= 15 is 0 Å². The molecule has 8 heteroatoms. The van der Waals surface area contributed by atoms with E-state index in [2.05, 4.69) is 9.47 Å². The first-order valence-electron chi connectivity index (χ1n) is 8.14. The molecule has 0 unspecified atom stereocenters. The highest BCUT2D eigenvalue weighted by Crippen LogP contribution is 2.38. The SMILES string of the molecule is CCCCOCCOC(F)(F)C(F)(F)Oc1ccc2cc(O)ccc2c1. The van der Waals surface area contributed by atoms with Gasteiger partial charge in [-0.25, -0.2) is 0 Å². The molecule has 144 valence electrons. The first-order valence-corrected chi connectivity index (χ1v) is 8.14. The van der Waals surface area contributed by atoms with Crippen LogP contribution in [0.4, 0.5) is 17.6 Å². The fourth-order valence-corrected chi connectivity index (χ4v) is 2.14. The molecule has 1 N–H and O–H groups in total. The molecule has 4 nitrogen and oxygen atoms in total. The number of halogens is 4. The number of benzene rings is 2. The minimum Gasteiger partial charge on any atom is -0.508 e. The summed E-state index contributed by atoms with van der Waals surface area (Å²) in [5, 5.41) is 10.4. The van der Waals surface area contributed by atoms with Crippen LogP contribution in [0.2, 0.25) is 0 Å². The topological polar surface area (TPSA) is 47.9 Å². The molecule has 0 aliphatic heterocycles. The van der Waals surface area contributed by atoms with Crippen molar-refractivity contribution in [1.29, 1.82) is 0 Å². The Balaban J connectivity index is 1.98. The highest BCUT2D eigenvalue weighted by molar-refractivity contribution is 5.85. The third kappa shape index (κ3) is 5.22. The Labute approximate surface area is 148 Å². The van der Waals surface area contributed by atoms with Crippen LogP contribution >= 0.6 is 0 Å². The van der Waals surface area contributed by atoms with Crippen LogP contribution in [0.3, 0.4) is 0 Å². The van der Waals surface area contributed by atoms with Gasteiger partial charge in [0.25, 0.3) is 0 Å². The van der Waals surface area contributed by atoms with Crippen molar-refractivity contribution < 1.29 is 36.9 Å². The summed E-state index contributed by atoms with van der Waals surface area (Å²) in [6, 6.07) is 7.87. The Kier molecular flexibility index (Phi) is 6.66. The zero-order valence-electron chi connectivity index (χ0n) is 14.2. The van der Waals surface area contributed by atoms with Gasteiger partial charge in [0.2, 0.25) is 0 Å². The Morgan fingerprint density at radius 3 is 2.31 bits per heavy atom. The first kappa shape index (κ1) is 20.3. The monoisotopic (exact) mass is 376 g/mol. The molecule has 0 saturated heterocycles. The van der Waals surface area contributed by atoms with E-state index in [0.29, 0.717) is 17.4 Å². The second kappa shape index (κ2) is 8.55. The van der Waals surface area contributed by atoms with Gasteiger partial charge in [-0.05, 0) is 41.5 Å². The van der Waals surface area contributed by atoms with Gasteiger partial charge >= 0.3 is 12.2 Å². The summed E-state index contributed by atoms with van der Waals surface area (Å²) in [6.07, 6.45) is -8.06. The average molecular weight is 376 g/mol. The molecule has 0 radical (unpaired) electrons.